The van der Waals surface area contributed by atoms with Crippen LogP contribution in [0.5, 0.6) is 0 Å². The Kier molecular flexibility index (Phi) is 19.3. The molecule has 14 heteroatoms. The van der Waals surface area contributed by atoms with Crippen molar-refractivity contribution in [2.45, 2.75) is 87.8 Å². The van der Waals surface area contributed by atoms with Crippen molar-refractivity contribution in [1.29, 1.82) is 0 Å². The summed E-state index contributed by atoms with van der Waals surface area (Å²) in [6.45, 7) is 0.495. The van der Waals surface area contributed by atoms with Crippen molar-refractivity contribution in [2.75, 3.05) is 20.3 Å². The predicted octanol–water partition coefficient (Wildman–Crippen LogP) is 9.75. The number of ether oxygens (including phenoxy) is 11. The molecule has 10 atom stereocenters. The first-order valence-corrected chi connectivity index (χ1v) is 25.2. The molecule has 2 aliphatic heterocycles. The quantitative estimate of drug-likeness (QED) is 0.0441. The molecule has 2 saturated heterocycles. The molecule has 2 fully saturated rings. The molecule has 0 aliphatic carbocycles. The van der Waals surface area contributed by atoms with Crippen LogP contribution in [0.2, 0.25) is 0 Å². The van der Waals surface area contributed by atoms with Crippen LogP contribution in [0.25, 0.3) is 0 Å². The molecule has 7 aromatic rings. The molecule has 9 rings (SSSR count). The van der Waals surface area contributed by atoms with Crippen LogP contribution in [0, 0.1) is 0 Å². The molecule has 0 bridgehead atoms. The van der Waals surface area contributed by atoms with Crippen molar-refractivity contribution >= 4 is 17.9 Å². The molecule has 14 nitrogen and oxygen atoms in total. The van der Waals surface area contributed by atoms with Gasteiger partial charge in [0.15, 0.2) is 30.9 Å². The van der Waals surface area contributed by atoms with E-state index in [9.17, 15) is 14.4 Å². The topological polar surface area (TPSA) is 153 Å². The van der Waals surface area contributed by atoms with E-state index in [0.717, 1.165) is 22.3 Å². The van der Waals surface area contributed by atoms with Crippen LogP contribution in [-0.2, 0) is 78.5 Å². The average Bonchev–Trinajstić information content (AvgIpc) is 3.48. The van der Waals surface area contributed by atoms with Crippen molar-refractivity contribution in [3.63, 3.8) is 0 Å². The minimum absolute atomic E-state index is 0.0553. The van der Waals surface area contributed by atoms with Gasteiger partial charge >= 0.3 is 17.9 Å². The Morgan fingerprint density at radius 3 is 1.12 bits per heavy atom. The van der Waals surface area contributed by atoms with Crippen molar-refractivity contribution in [3.05, 3.63) is 251 Å². The van der Waals surface area contributed by atoms with E-state index in [1.54, 1.807) is 91.0 Å². The first-order chi connectivity index (χ1) is 37.4. The highest BCUT2D eigenvalue weighted by molar-refractivity contribution is 5.91. The van der Waals surface area contributed by atoms with Gasteiger partial charge in [-0.2, -0.15) is 0 Å². The van der Waals surface area contributed by atoms with Gasteiger partial charge in [0, 0.05) is 7.11 Å². The van der Waals surface area contributed by atoms with Crippen LogP contribution in [0.1, 0.15) is 53.3 Å². The minimum Gasteiger partial charge on any atom is -0.452 e. The summed E-state index contributed by atoms with van der Waals surface area (Å²) in [5.74, 6) is -2.32. The fourth-order valence-electron chi connectivity index (χ4n) is 8.97. The van der Waals surface area contributed by atoms with Crippen molar-refractivity contribution in [3.8, 4) is 0 Å². The molecule has 0 unspecified atom stereocenters. The van der Waals surface area contributed by atoms with E-state index in [-0.39, 0.29) is 56.3 Å². The summed E-state index contributed by atoms with van der Waals surface area (Å²) in [5.41, 5.74) is 4.28. The third kappa shape index (κ3) is 14.5. The molecular formula is C62H60O14. The molecule has 392 valence electrons. The number of esters is 3. The summed E-state index contributed by atoms with van der Waals surface area (Å²) < 4.78 is 72.2. The molecule has 0 saturated carbocycles. The first-order valence-electron chi connectivity index (χ1n) is 25.2. The number of carbonyl (C=O) groups is 3. The molecule has 0 spiro atoms. The van der Waals surface area contributed by atoms with E-state index in [2.05, 4.69) is 0 Å². The summed E-state index contributed by atoms with van der Waals surface area (Å²) in [6.07, 6.45) is -11.7. The molecule has 0 aromatic heterocycles. The highest BCUT2D eigenvalue weighted by atomic mass is 16.8. The third-order valence-corrected chi connectivity index (χ3v) is 12.8. The number of hydrogen-bond donors (Lipinski definition) is 0. The summed E-state index contributed by atoms with van der Waals surface area (Å²) in [4.78, 5) is 42.3. The van der Waals surface area contributed by atoms with Crippen LogP contribution >= 0.6 is 0 Å². The van der Waals surface area contributed by atoms with Gasteiger partial charge in [-0.25, -0.2) is 14.4 Å². The lowest BCUT2D eigenvalue weighted by Crippen LogP contribution is -2.64. The Morgan fingerprint density at radius 1 is 0.342 bits per heavy atom. The standard InChI is InChI=1S/C62H60O14/c1-66-61-57(76-60(65)49-35-21-8-22-36-49)55(75-59(64)48-33-19-7-20-34-48)53(74-58(63)47-31-17-6-18-32-47)51(72-61)42-71-62-56(70-40-46-29-15-5-16-30-46)54(69-39-45-27-13-4-14-28-45)52(68-38-44-25-11-3-12-26-44)50(73-62)41-67-37-43-23-9-2-10-24-43/h2-36,50-57,61-62H,37-42H2,1H3/t50-,51-,52-,53-,54+,55+,56+,57-,61+,62-/m1/s1. The fraction of sp³-hybridized carbons (Fsp3) is 0.274. The molecule has 0 amide bonds. The lowest BCUT2D eigenvalue weighted by Gasteiger charge is -2.47. The molecule has 0 N–H and O–H groups in total. The number of carbonyl (C=O) groups excluding carboxylic acids is 3. The molecule has 2 heterocycles. The van der Waals surface area contributed by atoms with E-state index < -0.39 is 79.3 Å². The minimum atomic E-state index is -1.52. The summed E-state index contributed by atoms with van der Waals surface area (Å²) in [7, 11) is 1.36. The van der Waals surface area contributed by atoms with Crippen LogP contribution in [-0.4, -0.2) is 99.6 Å². The maximum Gasteiger partial charge on any atom is 0.338 e. The van der Waals surface area contributed by atoms with E-state index in [1.165, 1.54) is 7.11 Å². The van der Waals surface area contributed by atoms with E-state index in [1.807, 2.05) is 121 Å². The Morgan fingerprint density at radius 2 is 0.684 bits per heavy atom. The average molecular weight is 1030 g/mol. The maximum atomic E-state index is 14.2. The highest BCUT2D eigenvalue weighted by Gasteiger charge is 2.55. The number of hydrogen-bond acceptors (Lipinski definition) is 14. The normalized spacial score (nSPS) is 23.2. The van der Waals surface area contributed by atoms with Gasteiger partial charge in [-0.05, 0) is 58.7 Å². The molecule has 76 heavy (non-hydrogen) atoms. The van der Waals surface area contributed by atoms with Crippen LogP contribution in [0.4, 0.5) is 0 Å². The molecule has 2 aliphatic rings. The van der Waals surface area contributed by atoms with Crippen molar-refractivity contribution in [1.82, 2.24) is 0 Å². The second-order valence-electron chi connectivity index (χ2n) is 18.1. The maximum absolute atomic E-state index is 14.2. The second-order valence-corrected chi connectivity index (χ2v) is 18.1. The highest BCUT2D eigenvalue weighted by Crippen LogP contribution is 2.35. The van der Waals surface area contributed by atoms with Gasteiger partial charge in [0.25, 0.3) is 0 Å². The fourth-order valence-corrected chi connectivity index (χ4v) is 8.97. The van der Waals surface area contributed by atoms with E-state index in [0.29, 0.717) is 0 Å². The Labute approximate surface area is 442 Å². The number of rotatable bonds is 23. The van der Waals surface area contributed by atoms with Crippen molar-refractivity contribution in [2.24, 2.45) is 0 Å². The van der Waals surface area contributed by atoms with Gasteiger partial charge in [0.2, 0.25) is 0 Å². The Balaban J connectivity index is 1.08. The lowest BCUT2D eigenvalue weighted by atomic mass is 9.96. The Hall–Kier alpha value is -7.37. The van der Waals surface area contributed by atoms with E-state index in [4.69, 9.17) is 52.1 Å². The monoisotopic (exact) mass is 1030 g/mol. The molecule has 7 aromatic carbocycles. The molecular weight excluding hydrogens is 969 g/mol. The summed E-state index contributed by atoms with van der Waals surface area (Å²) in [6, 6.07) is 63.9. The third-order valence-electron chi connectivity index (χ3n) is 12.8. The summed E-state index contributed by atoms with van der Waals surface area (Å²) in [5, 5.41) is 0. The predicted molar refractivity (Wildman–Crippen MR) is 278 cm³/mol. The van der Waals surface area contributed by atoms with Crippen LogP contribution in [0.15, 0.2) is 212 Å². The first kappa shape index (κ1) is 53.5. The Bertz CT molecular complexity index is 2830. The van der Waals surface area contributed by atoms with E-state index >= 15 is 0 Å². The smallest absolute Gasteiger partial charge is 0.338 e. The zero-order valence-electron chi connectivity index (χ0n) is 41.9. The van der Waals surface area contributed by atoms with Crippen LogP contribution in [0.3, 0.4) is 0 Å². The van der Waals surface area contributed by atoms with Crippen molar-refractivity contribution < 1.29 is 66.5 Å². The number of methoxy groups -OCH3 is 1. The second kappa shape index (κ2) is 27.4. The van der Waals surface area contributed by atoms with Gasteiger partial charge in [-0.15, -0.1) is 0 Å². The summed E-state index contributed by atoms with van der Waals surface area (Å²) >= 11 is 0. The zero-order chi connectivity index (χ0) is 52.3. The zero-order valence-corrected chi connectivity index (χ0v) is 41.9. The lowest BCUT2D eigenvalue weighted by molar-refractivity contribution is -0.343. The van der Waals surface area contributed by atoms with Gasteiger partial charge < -0.3 is 52.1 Å². The van der Waals surface area contributed by atoms with Gasteiger partial charge in [-0.3, -0.25) is 0 Å². The molecule has 0 radical (unpaired) electrons. The van der Waals surface area contributed by atoms with Gasteiger partial charge in [0.1, 0.15) is 30.5 Å². The largest absolute Gasteiger partial charge is 0.452 e. The SMILES string of the molecule is CO[C@H]1O[C@H](CO[C@@H]2O[C@H](COCc3ccccc3)[C@@H](OCc3ccccc3)[C@H](OCc3ccccc3)[C@@H]2OCc2ccccc2)[C@@H](OC(=O)c2ccccc2)[C@H](OC(=O)c2ccccc2)[C@H]1OC(=O)c1ccccc1. The van der Waals surface area contributed by atoms with Gasteiger partial charge in [-0.1, -0.05) is 176 Å². The van der Waals surface area contributed by atoms with Crippen LogP contribution < -0.4 is 0 Å². The number of benzene rings is 7. The van der Waals surface area contributed by atoms with Gasteiger partial charge in [0.05, 0.1) is 56.3 Å².